The lowest BCUT2D eigenvalue weighted by Crippen LogP contribution is -2.36. The molecule has 1 aliphatic heterocycles. The van der Waals surface area contributed by atoms with Crippen LogP contribution in [0.1, 0.15) is 5.56 Å². The second-order valence-corrected chi connectivity index (χ2v) is 5.44. The lowest BCUT2D eigenvalue weighted by Gasteiger charge is -2.22. The van der Waals surface area contributed by atoms with Crippen LogP contribution in [0.2, 0.25) is 0 Å². The first-order chi connectivity index (χ1) is 8.69. The van der Waals surface area contributed by atoms with Gasteiger partial charge in [0, 0.05) is 26.6 Å². The van der Waals surface area contributed by atoms with Gasteiger partial charge in [-0.2, -0.15) is 0 Å². The summed E-state index contributed by atoms with van der Waals surface area (Å²) < 4.78 is 10.9. The van der Waals surface area contributed by atoms with Crippen LogP contribution in [0, 0.1) is 0 Å². The lowest BCUT2D eigenvalue weighted by molar-refractivity contribution is 0.149. The van der Waals surface area contributed by atoms with E-state index in [2.05, 4.69) is 24.1 Å². The van der Waals surface area contributed by atoms with Gasteiger partial charge in [0.1, 0.15) is 11.9 Å². The van der Waals surface area contributed by atoms with Gasteiger partial charge in [0.15, 0.2) is 0 Å². The summed E-state index contributed by atoms with van der Waals surface area (Å²) in [5.74, 6) is 1.02. The highest BCUT2D eigenvalue weighted by atomic mass is 35.5. The highest BCUT2D eigenvalue weighted by Crippen LogP contribution is 2.28. The summed E-state index contributed by atoms with van der Waals surface area (Å²) in [7, 11) is 3.74. The summed E-state index contributed by atoms with van der Waals surface area (Å²) in [6.07, 6.45) is 1.22. The molecule has 3 nitrogen and oxygen atoms in total. The van der Waals surface area contributed by atoms with Crippen LogP contribution in [-0.2, 0) is 11.2 Å². The van der Waals surface area contributed by atoms with Gasteiger partial charge in [-0.3, -0.25) is 0 Å². The molecule has 4 heteroatoms. The smallest absolute Gasteiger partial charge is 0.123 e. The van der Waals surface area contributed by atoms with Gasteiger partial charge in [0.2, 0.25) is 0 Å². The highest BCUT2D eigenvalue weighted by molar-refractivity contribution is 6.20. The monoisotopic (exact) mass is 269 g/mol. The van der Waals surface area contributed by atoms with E-state index >= 15 is 0 Å². The first kappa shape index (κ1) is 13.7. The Morgan fingerprint density at radius 1 is 1.50 bits per heavy atom. The molecule has 0 spiro atoms. The molecule has 18 heavy (non-hydrogen) atoms. The van der Waals surface area contributed by atoms with Crippen molar-refractivity contribution >= 4 is 11.6 Å². The van der Waals surface area contributed by atoms with Crippen molar-refractivity contribution in [1.29, 1.82) is 0 Å². The molecule has 1 aliphatic rings. The topological polar surface area (TPSA) is 21.7 Å². The Morgan fingerprint density at radius 3 is 3.00 bits per heavy atom. The Labute approximate surface area is 114 Å². The van der Waals surface area contributed by atoms with Crippen LogP contribution in [0.4, 0.5) is 0 Å². The maximum absolute atomic E-state index is 6.14. The number of methoxy groups -OCH3 is 1. The highest BCUT2D eigenvalue weighted by Gasteiger charge is 2.23. The van der Waals surface area contributed by atoms with E-state index in [-0.39, 0.29) is 11.5 Å². The van der Waals surface area contributed by atoms with E-state index in [1.807, 2.05) is 12.1 Å². The van der Waals surface area contributed by atoms with E-state index in [9.17, 15) is 0 Å². The zero-order valence-corrected chi connectivity index (χ0v) is 11.7. The van der Waals surface area contributed by atoms with E-state index in [0.29, 0.717) is 6.61 Å². The maximum Gasteiger partial charge on any atom is 0.123 e. The zero-order valence-electron chi connectivity index (χ0n) is 10.9. The number of ether oxygens (including phenoxy) is 2. The predicted octanol–water partition coefficient (Wildman–Crippen LogP) is 2.18. The summed E-state index contributed by atoms with van der Waals surface area (Å²) >= 11 is 6.14. The number of likely N-dealkylation sites (N-methyl/N-ethyl adjacent to an activating group) is 1. The van der Waals surface area contributed by atoms with Gasteiger partial charge in [-0.1, -0.05) is 18.2 Å². The number of halogens is 1. The van der Waals surface area contributed by atoms with Crippen molar-refractivity contribution in [1.82, 2.24) is 4.90 Å². The van der Waals surface area contributed by atoms with Crippen LogP contribution >= 0.6 is 11.6 Å². The summed E-state index contributed by atoms with van der Waals surface area (Å²) in [5.41, 5.74) is 1.30. The summed E-state index contributed by atoms with van der Waals surface area (Å²) in [6.45, 7) is 2.28. The van der Waals surface area contributed by atoms with Crippen molar-refractivity contribution in [2.24, 2.45) is 0 Å². The molecule has 1 aromatic carbocycles. The van der Waals surface area contributed by atoms with E-state index in [4.69, 9.17) is 21.1 Å². The standard InChI is InChI=1S/C14H20ClNO2/c1-16(8-12(15)10-17-2)9-13-7-11-5-3-4-6-14(11)18-13/h3-6,12-13H,7-10H2,1-2H3. The van der Waals surface area contributed by atoms with Gasteiger partial charge in [-0.25, -0.2) is 0 Å². The fourth-order valence-electron chi connectivity index (χ4n) is 2.35. The van der Waals surface area contributed by atoms with Crippen molar-refractivity contribution in [3.05, 3.63) is 29.8 Å². The molecule has 0 bridgehead atoms. The van der Waals surface area contributed by atoms with E-state index in [1.165, 1.54) is 5.56 Å². The van der Waals surface area contributed by atoms with Crippen LogP contribution in [0.25, 0.3) is 0 Å². The van der Waals surface area contributed by atoms with Crippen LogP contribution in [-0.4, -0.2) is 50.2 Å². The minimum absolute atomic E-state index is 0.0313. The van der Waals surface area contributed by atoms with Crippen LogP contribution in [0.3, 0.4) is 0 Å². The van der Waals surface area contributed by atoms with E-state index in [1.54, 1.807) is 7.11 Å². The molecule has 100 valence electrons. The van der Waals surface area contributed by atoms with E-state index < -0.39 is 0 Å². The molecule has 0 aliphatic carbocycles. The molecule has 2 rings (SSSR count). The molecule has 2 unspecified atom stereocenters. The molecular formula is C14H20ClNO2. The first-order valence-electron chi connectivity index (χ1n) is 6.25. The Bertz CT molecular complexity index is 361. The second-order valence-electron chi connectivity index (χ2n) is 4.83. The van der Waals surface area contributed by atoms with Crippen molar-refractivity contribution in [2.45, 2.75) is 17.9 Å². The minimum Gasteiger partial charge on any atom is -0.488 e. The summed E-state index contributed by atoms with van der Waals surface area (Å²) in [5, 5.41) is 0.0313. The van der Waals surface area contributed by atoms with Crippen molar-refractivity contribution in [3.8, 4) is 5.75 Å². The molecule has 0 amide bonds. The molecule has 1 heterocycles. The number of fused-ring (bicyclic) bond motifs is 1. The van der Waals surface area contributed by atoms with Gasteiger partial charge in [-0.15, -0.1) is 11.6 Å². The number of alkyl halides is 1. The van der Waals surface area contributed by atoms with Gasteiger partial charge < -0.3 is 14.4 Å². The third-order valence-corrected chi connectivity index (χ3v) is 3.35. The van der Waals surface area contributed by atoms with Crippen LogP contribution in [0.5, 0.6) is 5.75 Å². The van der Waals surface area contributed by atoms with Gasteiger partial charge in [0.25, 0.3) is 0 Å². The molecular weight excluding hydrogens is 250 g/mol. The fourth-order valence-corrected chi connectivity index (χ4v) is 2.71. The number of benzene rings is 1. The number of rotatable bonds is 6. The Morgan fingerprint density at radius 2 is 2.28 bits per heavy atom. The zero-order chi connectivity index (χ0) is 13.0. The quantitative estimate of drug-likeness (QED) is 0.739. The molecule has 1 aromatic rings. The summed E-state index contributed by atoms with van der Waals surface area (Å²) in [6, 6.07) is 8.23. The molecule has 0 N–H and O–H groups in total. The molecule has 0 saturated carbocycles. The molecule has 2 atom stereocenters. The second kappa shape index (κ2) is 6.41. The average Bonchev–Trinajstić information content (AvgIpc) is 2.70. The Hall–Kier alpha value is -0.770. The largest absolute Gasteiger partial charge is 0.488 e. The van der Waals surface area contributed by atoms with Gasteiger partial charge in [-0.05, 0) is 18.7 Å². The third kappa shape index (κ3) is 3.61. The Kier molecular flexibility index (Phi) is 4.87. The van der Waals surface area contributed by atoms with Crippen molar-refractivity contribution in [3.63, 3.8) is 0 Å². The van der Waals surface area contributed by atoms with E-state index in [0.717, 1.165) is 25.3 Å². The average molecular weight is 270 g/mol. The van der Waals surface area contributed by atoms with Gasteiger partial charge in [0.05, 0.1) is 12.0 Å². The van der Waals surface area contributed by atoms with Crippen LogP contribution < -0.4 is 4.74 Å². The minimum atomic E-state index is 0.0313. The number of hydrogen-bond donors (Lipinski definition) is 0. The maximum atomic E-state index is 6.14. The lowest BCUT2D eigenvalue weighted by atomic mass is 10.1. The third-order valence-electron chi connectivity index (χ3n) is 3.09. The predicted molar refractivity (Wildman–Crippen MR) is 73.6 cm³/mol. The first-order valence-corrected chi connectivity index (χ1v) is 6.68. The molecule has 0 radical (unpaired) electrons. The molecule has 0 aromatic heterocycles. The molecule has 0 fully saturated rings. The number of hydrogen-bond acceptors (Lipinski definition) is 3. The molecule has 0 saturated heterocycles. The Balaban J connectivity index is 1.79. The fraction of sp³-hybridized carbons (Fsp3) is 0.571. The van der Waals surface area contributed by atoms with Crippen molar-refractivity contribution < 1.29 is 9.47 Å². The van der Waals surface area contributed by atoms with Crippen molar-refractivity contribution in [2.75, 3.05) is 33.9 Å². The SMILES string of the molecule is COCC(Cl)CN(C)CC1Cc2ccccc2O1. The normalized spacial score (nSPS) is 19.7. The number of nitrogens with zero attached hydrogens (tertiary/aromatic N) is 1. The number of para-hydroxylation sites is 1. The van der Waals surface area contributed by atoms with Gasteiger partial charge >= 0.3 is 0 Å². The summed E-state index contributed by atoms with van der Waals surface area (Å²) in [4.78, 5) is 2.20. The van der Waals surface area contributed by atoms with Crippen LogP contribution in [0.15, 0.2) is 24.3 Å².